The molecule has 1 amide bonds. The molecule has 14 nitrogen and oxygen atoms in total. The molecule has 0 fully saturated rings. The highest BCUT2D eigenvalue weighted by molar-refractivity contribution is 7.78. The second-order valence-electron chi connectivity index (χ2n) is 22.1. The third kappa shape index (κ3) is 33.1. The van der Waals surface area contributed by atoms with Crippen molar-refractivity contribution in [1.82, 2.24) is 5.32 Å². The van der Waals surface area contributed by atoms with Crippen molar-refractivity contribution in [3.63, 3.8) is 0 Å². The van der Waals surface area contributed by atoms with Gasteiger partial charge in [-0.2, -0.15) is 8.78 Å². The lowest BCUT2D eigenvalue weighted by Crippen LogP contribution is -3.00. The lowest BCUT2D eigenvalue weighted by atomic mass is 9.96. The first kappa shape index (κ1) is 84.1. The van der Waals surface area contributed by atoms with Gasteiger partial charge in [-0.05, 0) is 88.2 Å². The van der Waals surface area contributed by atoms with Crippen LogP contribution in [-0.2, 0) is 33.3 Å². The van der Waals surface area contributed by atoms with Crippen LogP contribution in [-0.4, -0.2) is 121 Å². The molecule has 0 heterocycles. The van der Waals surface area contributed by atoms with Gasteiger partial charge in [-0.15, -0.1) is 12.4 Å². The number of thiocarbonyl (C=S) groups is 1. The third-order valence-electron chi connectivity index (χ3n) is 13.0. The topological polar surface area (TPSA) is 216 Å². The van der Waals surface area contributed by atoms with Gasteiger partial charge in [0, 0.05) is 49.0 Å². The van der Waals surface area contributed by atoms with Gasteiger partial charge in [0.1, 0.15) is 18.8 Å². The largest absolute Gasteiger partial charge is 1.00 e. The Kier molecular flexibility index (Phi) is 37.9. The molecule has 25 heteroatoms. The highest BCUT2D eigenvalue weighted by Gasteiger charge is 2.35. The van der Waals surface area contributed by atoms with Gasteiger partial charge in [0.05, 0.1) is 24.3 Å². The van der Waals surface area contributed by atoms with Crippen LogP contribution in [0.2, 0.25) is 0 Å². The molecular formula is C71H84Cl2F8N2O12S. The summed E-state index contributed by atoms with van der Waals surface area (Å²) in [6.45, 7) is 6.08. The molecule has 1 unspecified atom stereocenters. The molecule has 526 valence electrons. The molecule has 0 bridgehead atoms. The van der Waals surface area contributed by atoms with E-state index in [0.717, 1.165) is 0 Å². The van der Waals surface area contributed by atoms with Crippen molar-refractivity contribution in [1.29, 1.82) is 0 Å². The number of aliphatic hydroxyl groups is 1. The van der Waals surface area contributed by atoms with Crippen LogP contribution in [0.25, 0.3) is 0 Å². The molecule has 6 aromatic carbocycles. The van der Waals surface area contributed by atoms with Gasteiger partial charge in [0.25, 0.3) is 17.8 Å². The number of ether oxygens (including phenoxy) is 4. The number of carbonyl (C=O) groups is 7. The zero-order chi connectivity index (χ0) is 72.5. The normalized spacial score (nSPS) is 12.6. The maximum Gasteiger partial charge on any atom is 0.407 e. The Labute approximate surface area is 576 Å². The van der Waals surface area contributed by atoms with Crippen molar-refractivity contribution in [3.05, 3.63) is 214 Å². The number of halogens is 10. The summed E-state index contributed by atoms with van der Waals surface area (Å²) >= 11 is 4.54. The van der Waals surface area contributed by atoms with Crippen LogP contribution in [0.1, 0.15) is 173 Å². The Balaban J connectivity index is 0.00000132. The van der Waals surface area contributed by atoms with E-state index < -0.39 is 124 Å². The van der Waals surface area contributed by atoms with Crippen LogP contribution in [0.15, 0.2) is 164 Å². The van der Waals surface area contributed by atoms with E-state index >= 15 is 0 Å². The van der Waals surface area contributed by atoms with Crippen molar-refractivity contribution in [2.75, 3.05) is 39.5 Å². The number of alkyl carbamates (subject to hydrolysis) is 1. The number of nitrogens with one attached hydrogen (secondary N) is 1. The summed E-state index contributed by atoms with van der Waals surface area (Å²) < 4.78 is 137. The second kappa shape index (κ2) is 43.3. The van der Waals surface area contributed by atoms with Crippen LogP contribution in [0, 0.1) is 0 Å². The van der Waals surface area contributed by atoms with E-state index in [4.69, 9.17) is 22.1 Å². The summed E-state index contributed by atoms with van der Waals surface area (Å²) in [6, 6.07) is 45.6. The molecular weight excluding hydrogens is 1330 g/mol. The fraction of sp³-hybridized carbons (Fsp3) is 0.380. The van der Waals surface area contributed by atoms with Crippen molar-refractivity contribution in [2.45, 2.75) is 135 Å². The highest BCUT2D eigenvalue weighted by atomic mass is 35.5. The summed E-state index contributed by atoms with van der Waals surface area (Å²) in [6.07, 6.45) is -1.03. The van der Waals surface area contributed by atoms with Crippen molar-refractivity contribution in [3.8, 4) is 0 Å². The quantitative estimate of drug-likeness (QED) is 0.0152. The molecule has 0 spiro atoms. The summed E-state index contributed by atoms with van der Waals surface area (Å²) in [5, 5.41) is 11.0. The van der Waals surface area contributed by atoms with Gasteiger partial charge in [-0.25, -0.2) is 31.1 Å². The molecule has 0 aliphatic heterocycles. The first-order chi connectivity index (χ1) is 44.9. The zero-order valence-corrected chi connectivity index (χ0v) is 56.8. The van der Waals surface area contributed by atoms with Gasteiger partial charge in [0.15, 0.2) is 37.2 Å². The molecule has 0 radical (unpaired) electrons. The number of quaternary nitrogens is 1. The monoisotopic (exact) mass is 1410 g/mol. The Morgan fingerprint density at radius 2 is 0.865 bits per heavy atom. The van der Waals surface area contributed by atoms with E-state index in [-0.39, 0.29) is 55.0 Å². The molecule has 0 saturated carbocycles. The average Bonchev–Trinajstić information content (AvgIpc) is 0.848. The van der Waals surface area contributed by atoms with E-state index in [1.165, 1.54) is 19.2 Å². The molecule has 6 aromatic rings. The van der Waals surface area contributed by atoms with Crippen molar-refractivity contribution in [2.24, 2.45) is 0 Å². The molecule has 5 N–H and O–H groups in total. The smallest absolute Gasteiger partial charge is 0.407 e. The standard InChI is InChI=1S/C24H27F2NO5.C21H20F2O3S.C19H19F2NO3.C4H8F2O.C3H8.2ClH/c1-16(18-11-8-12-19(13-18)20(28)17-9-6-5-7-10-17)21(29)31-15-24(25,26)14-27-22(30)32-23(2,3)4;1-15(20(25)26-14-21(22,23)11-6-12-27)17-9-5-10-18(13-17)19(24)16-7-3-2-4-8-16;1-13(18(24)25-12-19(20,21)11-22)15-8-5-9-16(10-15)17(23)14-6-3-2-4-7-14;1-2-4(5,6)3-7;1-3-2;;/h5-13,16H,14-15H2,1-4H3,(H,27,30);2-5,7-10,12-13,15H,6,11,14H2,1H3;2-10,13H,11-12,22H2,1H3;7H,2-3H2,1H3;3H2,1-2H3;2*1H/t16-;15-;13-;;;;/m111..../s1/i;;;;1TD;;. The number of rotatable bonds is 26. The number of aliphatic hydroxyl groups excluding tert-OH is 1. The number of hydrogen-bond donors (Lipinski definition) is 3. The van der Waals surface area contributed by atoms with E-state index in [1.807, 2.05) is 24.4 Å². The molecule has 6 rings (SSSR count). The molecule has 0 aliphatic carbocycles. The van der Waals surface area contributed by atoms with Crippen molar-refractivity contribution < 1.29 is 114 Å². The summed E-state index contributed by atoms with van der Waals surface area (Å²) in [4.78, 5) is 85.6. The fourth-order valence-electron chi connectivity index (χ4n) is 7.52. The zero-order valence-electron chi connectivity index (χ0n) is 56.4. The number of hydrogen-bond acceptors (Lipinski definition) is 13. The second-order valence-corrected chi connectivity index (χ2v) is 22.4. The van der Waals surface area contributed by atoms with Crippen molar-refractivity contribution >= 4 is 71.3 Å². The van der Waals surface area contributed by atoms with Crippen LogP contribution in [0.5, 0.6) is 0 Å². The molecule has 4 atom stereocenters. The highest BCUT2D eigenvalue weighted by Crippen LogP contribution is 2.27. The van der Waals surface area contributed by atoms with E-state index in [9.17, 15) is 68.7 Å². The minimum atomic E-state index is -3.47. The minimum absolute atomic E-state index is 0. The van der Waals surface area contributed by atoms with Crippen LogP contribution in [0.3, 0.4) is 0 Å². The molecule has 0 saturated heterocycles. The number of alkyl halides is 8. The number of benzene rings is 6. The van der Waals surface area contributed by atoms with Gasteiger partial charge < -0.3 is 47.5 Å². The molecule has 96 heavy (non-hydrogen) atoms. The average molecular weight is 1420 g/mol. The number of ketones is 3. The van der Waals surface area contributed by atoms with E-state index in [2.05, 4.69) is 22.7 Å². The fourth-order valence-corrected chi connectivity index (χ4v) is 7.64. The van der Waals surface area contributed by atoms with Gasteiger partial charge in [0.2, 0.25) is 0 Å². The van der Waals surface area contributed by atoms with Crippen LogP contribution in [0.4, 0.5) is 39.9 Å². The third-order valence-corrected chi connectivity index (χ3v) is 13.3. The minimum Gasteiger partial charge on any atom is -1.00 e. The predicted octanol–water partition coefficient (Wildman–Crippen LogP) is 12.0. The van der Waals surface area contributed by atoms with Gasteiger partial charge >= 0.3 is 29.9 Å². The van der Waals surface area contributed by atoms with Gasteiger partial charge in [-0.1, -0.05) is 185 Å². The number of amides is 1. The SMILES string of the molecule is CCC(F)(F)CO.C[C@@H](C(=O)OCC(F)(F)CCC=S)c1cccc(C(=O)c2ccccc2)c1.C[C@@H](C(=O)OCC(F)(F)CNC(=O)OC(C)(C)C)c1cccc(C(=O)c2ccccc2)c1.C[C@@H](C(=O)OCC(F)(F)C[NH3+])c1cccc(C(=O)c2ccccc2)c1.Cl.[2H]C([3H])CC.[Cl-]. The predicted molar refractivity (Wildman–Crippen MR) is 352 cm³/mol. The summed E-state index contributed by atoms with van der Waals surface area (Å²) in [5.41, 5.74) is 6.61. The molecule has 0 aromatic heterocycles. The van der Waals surface area contributed by atoms with Crippen LogP contribution >= 0.6 is 24.6 Å². The Morgan fingerprint density at radius 1 is 0.552 bits per heavy atom. The summed E-state index contributed by atoms with van der Waals surface area (Å²) in [7, 11) is 0. The van der Waals surface area contributed by atoms with E-state index in [1.54, 1.807) is 186 Å². The van der Waals surface area contributed by atoms with Crippen LogP contribution < -0.4 is 23.5 Å². The Bertz CT molecular complexity index is 3430. The lowest BCUT2D eigenvalue weighted by molar-refractivity contribution is -0.409. The molecule has 0 aliphatic rings. The van der Waals surface area contributed by atoms with E-state index in [0.29, 0.717) is 56.5 Å². The first-order valence-corrected chi connectivity index (χ1v) is 30.2. The van der Waals surface area contributed by atoms with Gasteiger partial charge in [-0.3, -0.25) is 28.8 Å². The lowest BCUT2D eigenvalue weighted by Gasteiger charge is -2.22. The maximum atomic E-state index is 14.0. The number of esters is 3. The first-order valence-electron chi connectivity index (χ1n) is 30.9. The summed E-state index contributed by atoms with van der Waals surface area (Å²) in [5.74, 6) is -17.9. The maximum absolute atomic E-state index is 14.0. The Hall–Kier alpha value is -7.96. The Morgan fingerprint density at radius 3 is 1.14 bits per heavy atom. The number of carbonyl (C=O) groups excluding carboxylic acids is 7.